The van der Waals surface area contributed by atoms with Crippen molar-refractivity contribution in [3.63, 3.8) is 0 Å². The number of hydrogen-bond donors (Lipinski definition) is 0. The van der Waals surface area contributed by atoms with Gasteiger partial charge in [-0.2, -0.15) is 0 Å². The van der Waals surface area contributed by atoms with Crippen LogP contribution in [0.5, 0.6) is 0 Å². The molecule has 247 valence electrons. The Morgan fingerprint density at radius 2 is 1.55 bits per heavy atom. The van der Waals surface area contributed by atoms with E-state index in [1.54, 1.807) is 12.1 Å². The van der Waals surface area contributed by atoms with E-state index in [0.29, 0.717) is 5.56 Å². The average Bonchev–Trinajstić information content (AvgIpc) is 3.66. The van der Waals surface area contributed by atoms with Crippen LogP contribution in [0, 0.1) is 39.8 Å². The van der Waals surface area contributed by atoms with Crippen molar-refractivity contribution in [2.75, 3.05) is 0 Å². The molecule has 49 heavy (non-hydrogen) atoms. The largest absolute Gasteiger partial charge is 0 e. The molecule has 8 rings (SSSR count). The van der Waals surface area contributed by atoms with Gasteiger partial charge in [-0.15, -0.1) is 18.2 Å². The molecule has 0 saturated carbocycles. The van der Waals surface area contributed by atoms with E-state index >= 15 is 0 Å². The number of benzene rings is 5. The third-order valence-corrected chi connectivity index (χ3v) is 13.4. The first kappa shape index (κ1) is 30.9. The number of hydrogen-bond acceptors (Lipinski definition) is 3. The van der Waals surface area contributed by atoms with Gasteiger partial charge in [-0.05, 0) is 60.9 Å². The Morgan fingerprint density at radius 1 is 0.796 bits per heavy atom. The topological polar surface area (TPSA) is 38.4 Å². The number of aliphatic imine (C=N–C) groups is 1. The molecule has 1 radical (unpaired) electrons. The number of fused-ring (bicyclic) bond motifs is 4. The summed E-state index contributed by atoms with van der Waals surface area (Å²) in [6.45, 7) is 4.50. The molecule has 3 nitrogen and oxygen atoms in total. The molecule has 0 aliphatic carbocycles. The van der Waals surface area contributed by atoms with Crippen molar-refractivity contribution in [3.8, 4) is 11.3 Å². The number of aromatic nitrogens is 1. The fourth-order valence-corrected chi connectivity index (χ4v) is 8.95. The van der Waals surface area contributed by atoms with Gasteiger partial charge in [0.2, 0.25) is 0 Å². The summed E-state index contributed by atoms with van der Waals surface area (Å²) in [7, 11) is 0. The number of furan rings is 1. The summed E-state index contributed by atoms with van der Waals surface area (Å²) in [5.74, 6) is 7.04. The SMILES string of the molecule is Cc1cc(C)c(C2C(c3[c-]ccc4c3oc3ccccc34)=Nc3ccccc32)c(C)c1.[2H]C([2H])([2H])c1c[c-]c(-c2cc[c]([Ge]([CH3])([CH3])[CH3])cn2)cc1.[Ir]. The minimum Gasteiger partial charge on any atom is 0 e. The standard InChI is InChI=1S/C29H22NO.C15H18GeN.Ir/c1-17-15-18(2)26(19(3)16-17)27-22-10-4-6-13-24(22)30-28(27)23-12-8-11-21-20-9-5-7-14-25(20)31-29(21)23;1-12-5-7-13(8-6-12)15-10-9-14(11-17-15)16(2,3)4;/h4-11,13-16,27H,1-3H3;5-7,9-11H,1-4H3;/q2*-1;/i;1D3;. The molecule has 0 N–H and O–H groups in total. The molecular formula is C44H40GeIrN2O-2. The normalized spacial score (nSPS) is 14.9. The van der Waals surface area contributed by atoms with Crippen LogP contribution in [0.2, 0.25) is 17.3 Å². The van der Waals surface area contributed by atoms with Crippen LogP contribution in [-0.4, -0.2) is 24.0 Å². The Balaban J connectivity index is 0.000000193. The van der Waals surface area contributed by atoms with Crippen LogP contribution in [0.3, 0.4) is 0 Å². The molecule has 7 aromatic rings. The van der Waals surface area contributed by atoms with Gasteiger partial charge in [-0.3, -0.25) is 4.99 Å². The van der Waals surface area contributed by atoms with Gasteiger partial charge in [0.1, 0.15) is 5.58 Å². The minimum absolute atomic E-state index is 0. The predicted octanol–water partition coefficient (Wildman–Crippen LogP) is 11.0. The molecule has 1 atom stereocenters. The Bertz CT molecular complexity index is 2350. The fraction of sp³-hybridized carbons (Fsp3) is 0.182. The second kappa shape index (κ2) is 14.0. The summed E-state index contributed by atoms with van der Waals surface area (Å²) in [4.78, 5) is 9.61. The number of nitrogens with zero attached hydrogens (tertiary/aromatic N) is 2. The van der Waals surface area contributed by atoms with Crippen molar-refractivity contribution in [2.24, 2.45) is 4.99 Å². The molecule has 1 aliphatic heterocycles. The van der Waals surface area contributed by atoms with E-state index in [1.807, 2.05) is 30.5 Å². The zero-order valence-corrected chi connectivity index (χ0v) is 33.1. The monoisotopic (exact) mass is 882 g/mol. The number of pyridine rings is 1. The van der Waals surface area contributed by atoms with Crippen molar-refractivity contribution in [1.82, 2.24) is 4.98 Å². The number of rotatable bonds is 4. The zero-order valence-electron chi connectivity index (χ0n) is 31.6. The molecule has 3 heterocycles. The Kier molecular flexibility index (Phi) is 8.86. The molecule has 0 bridgehead atoms. The summed E-state index contributed by atoms with van der Waals surface area (Å²) in [6.07, 6.45) is 1.95. The van der Waals surface area contributed by atoms with E-state index in [2.05, 4.69) is 116 Å². The predicted molar refractivity (Wildman–Crippen MR) is 204 cm³/mol. The van der Waals surface area contributed by atoms with Crippen LogP contribution in [-0.2, 0) is 20.1 Å². The number of aryl methyl sites for hydroxylation is 4. The summed E-state index contributed by atoms with van der Waals surface area (Å²) in [5, 5.41) is 2.24. The van der Waals surface area contributed by atoms with Crippen molar-refractivity contribution >= 4 is 51.0 Å². The average molecular weight is 881 g/mol. The molecule has 0 fully saturated rings. The second-order valence-corrected chi connectivity index (χ2v) is 24.3. The molecule has 0 saturated heterocycles. The van der Waals surface area contributed by atoms with Gasteiger partial charge in [0.25, 0.3) is 0 Å². The maximum absolute atomic E-state index is 7.35. The molecule has 2 aromatic heterocycles. The molecule has 5 aromatic carbocycles. The van der Waals surface area contributed by atoms with Crippen molar-refractivity contribution in [1.29, 1.82) is 0 Å². The van der Waals surface area contributed by atoms with Crippen LogP contribution in [0.25, 0.3) is 33.2 Å². The summed E-state index contributed by atoms with van der Waals surface area (Å²) < 4.78 is 29.7. The van der Waals surface area contributed by atoms with Crippen LogP contribution in [0.15, 0.2) is 119 Å². The molecular weight excluding hydrogens is 837 g/mol. The van der Waals surface area contributed by atoms with Gasteiger partial charge >= 0.3 is 110 Å². The Morgan fingerprint density at radius 3 is 2.24 bits per heavy atom. The minimum atomic E-state index is -2.08. The van der Waals surface area contributed by atoms with Crippen molar-refractivity contribution in [3.05, 3.63) is 160 Å². The molecule has 1 aliphatic rings. The summed E-state index contributed by atoms with van der Waals surface area (Å²) in [6, 6.07) is 40.8. The quantitative estimate of drug-likeness (QED) is 0.131. The van der Waals surface area contributed by atoms with E-state index in [0.717, 1.165) is 50.2 Å². The van der Waals surface area contributed by atoms with Gasteiger partial charge < -0.3 is 4.42 Å². The van der Waals surface area contributed by atoms with Crippen molar-refractivity contribution in [2.45, 2.75) is 50.8 Å². The molecule has 0 spiro atoms. The molecule has 1 unspecified atom stereocenters. The van der Waals surface area contributed by atoms with Crippen LogP contribution < -0.4 is 4.40 Å². The first-order valence-corrected chi connectivity index (χ1v) is 23.7. The summed E-state index contributed by atoms with van der Waals surface area (Å²) >= 11 is -1.83. The van der Waals surface area contributed by atoms with Gasteiger partial charge in [0, 0.05) is 31.4 Å². The Hall–Kier alpha value is -4.09. The van der Waals surface area contributed by atoms with Crippen LogP contribution >= 0.6 is 0 Å². The maximum Gasteiger partial charge on any atom is 0 e. The van der Waals surface area contributed by atoms with E-state index < -0.39 is 20.1 Å². The van der Waals surface area contributed by atoms with Gasteiger partial charge in [-0.25, -0.2) is 0 Å². The van der Waals surface area contributed by atoms with Crippen LogP contribution in [0.1, 0.15) is 49.0 Å². The smallest absolute Gasteiger partial charge is 0 e. The van der Waals surface area contributed by atoms with E-state index in [4.69, 9.17) is 13.5 Å². The zero-order chi connectivity index (χ0) is 36.1. The fourth-order valence-electron chi connectivity index (χ4n) is 6.78. The number of para-hydroxylation sites is 2. The van der Waals surface area contributed by atoms with Gasteiger partial charge in [-0.1, -0.05) is 65.0 Å². The van der Waals surface area contributed by atoms with Gasteiger partial charge in [0.05, 0.1) is 11.3 Å². The first-order chi connectivity index (χ1) is 24.3. The molecule has 5 heteroatoms. The van der Waals surface area contributed by atoms with E-state index in [1.165, 1.54) is 38.3 Å². The Labute approximate surface area is 310 Å². The molecule has 0 amide bonds. The van der Waals surface area contributed by atoms with E-state index in [9.17, 15) is 0 Å². The third kappa shape index (κ3) is 6.88. The second-order valence-electron chi connectivity index (χ2n) is 13.7. The third-order valence-electron chi connectivity index (χ3n) is 9.10. The summed E-state index contributed by atoms with van der Waals surface area (Å²) in [5.41, 5.74) is 13.2. The van der Waals surface area contributed by atoms with Crippen LogP contribution in [0.4, 0.5) is 5.69 Å². The van der Waals surface area contributed by atoms with Crippen molar-refractivity contribution < 1.29 is 28.6 Å². The van der Waals surface area contributed by atoms with E-state index in [-0.39, 0.29) is 26.0 Å². The first-order valence-electron chi connectivity index (χ1n) is 17.9. The maximum atomic E-state index is 7.35. The van der Waals surface area contributed by atoms with Gasteiger partial charge in [0.15, 0.2) is 0 Å².